The number of carbonyl (C=O) groups excluding carboxylic acids is 2. The number of hydrazine groups is 1. The zero-order valence-corrected chi connectivity index (χ0v) is 23.1. The molecule has 5 N–H and O–H groups in total. The number of ether oxygens (including phenoxy) is 1. The van der Waals surface area contributed by atoms with Crippen LogP contribution in [-0.2, 0) is 14.3 Å². The van der Waals surface area contributed by atoms with Gasteiger partial charge in [0.25, 0.3) is 5.91 Å². The third kappa shape index (κ3) is 5.42. The maximum absolute atomic E-state index is 13.6. The van der Waals surface area contributed by atoms with Crippen LogP contribution in [-0.4, -0.2) is 96.3 Å². The number of methoxy groups -OCH3 is 1. The summed E-state index contributed by atoms with van der Waals surface area (Å²) in [7, 11) is 1.83. The Kier molecular flexibility index (Phi) is 8.00. The van der Waals surface area contributed by atoms with Crippen molar-refractivity contribution in [1.29, 1.82) is 0 Å². The Labute approximate surface area is 225 Å². The Bertz CT molecular complexity index is 823. The van der Waals surface area contributed by atoms with E-state index in [1.807, 2.05) is 12.0 Å². The molecule has 208 valence electrons. The van der Waals surface area contributed by atoms with Crippen molar-refractivity contribution in [3.8, 4) is 0 Å². The third-order valence-corrected chi connectivity index (χ3v) is 11.1. The summed E-state index contributed by atoms with van der Waals surface area (Å²) in [5, 5.41) is 16.5. The van der Waals surface area contributed by atoms with Gasteiger partial charge in [-0.15, -0.1) is 11.8 Å². The number of hydrogen-bond acceptors (Lipinski definition) is 9. The highest BCUT2D eigenvalue weighted by Crippen LogP contribution is 2.40. The molecule has 6 fully saturated rings. The van der Waals surface area contributed by atoms with Crippen LogP contribution in [0.5, 0.6) is 0 Å². The number of thioether (sulfide) groups is 1. The van der Waals surface area contributed by atoms with Gasteiger partial charge in [-0.25, -0.2) is 10.4 Å². The molecule has 6 aliphatic rings. The Morgan fingerprint density at radius 3 is 2.68 bits per heavy atom. The molecular formula is C26H45N7O3S. The zero-order valence-electron chi connectivity index (χ0n) is 22.3. The topological polar surface area (TPSA) is 110 Å². The molecular weight excluding hydrogens is 490 g/mol. The molecule has 1 saturated carbocycles. The molecule has 11 heteroatoms. The fourth-order valence-electron chi connectivity index (χ4n) is 7.74. The number of amides is 2. The number of rotatable bonds is 5. The monoisotopic (exact) mass is 535 g/mol. The second kappa shape index (κ2) is 11.3. The van der Waals surface area contributed by atoms with Crippen LogP contribution in [0.4, 0.5) is 0 Å². The average molecular weight is 536 g/mol. The first-order valence-electron chi connectivity index (χ1n) is 14.6. The summed E-state index contributed by atoms with van der Waals surface area (Å²) in [5.74, 6) is 1.07. The molecule has 5 heterocycles. The second-order valence-corrected chi connectivity index (χ2v) is 13.4. The smallest absolute Gasteiger partial charge is 0.255 e. The summed E-state index contributed by atoms with van der Waals surface area (Å²) < 4.78 is 5.89. The van der Waals surface area contributed by atoms with Crippen LogP contribution in [0.15, 0.2) is 0 Å². The fourth-order valence-corrected chi connectivity index (χ4v) is 9.15. The van der Waals surface area contributed by atoms with E-state index in [4.69, 9.17) is 4.74 Å². The normalized spacial score (nSPS) is 44.4. The van der Waals surface area contributed by atoms with Crippen molar-refractivity contribution in [2.45, 2.75) is 99.6 Å². The van der Waals surface area contributed by atoms with E-state index in [0.717, 1.165) is 45.3 Å². The van der Waals surface area contributed by atoms with Crippen molar-refractivity contribution >= 4 is 23.6 Å². The SMILES string of the molecule is COC1CCCCC1C1CC(C)NCC1C(=O)NC1NC2CN(C(=O)C3NC4CCCCN4N3)CC2S1. The average Bonchev–Trinajstić information content (AvgIpc) is 3.61. The number of fused-ring (bicyclic) bond motifs is 2. The molecule has 5 saturated heterocycles. The highest BCUT2D eigenvalue weighted by atomic mass is 32.2. The lowest BCUT2D eigenvalue weighted by molar-refractivity contribution is -0.133. The van der Waals surface area contributed by atoms with Gasteiger partial charge in [0.2, 0.25) is 5.91 Å². The van der Waals surface area contributed by atoms with Crippen molar-refractivity contribution in [2.75, 3.05) is 33.3 Å². The van der Waals surface area contributed by atoms with Crippen LogP contribution < -0.4 is 26.7 Å². The minimum atomic E-state index is -0.323. The van der Waals surface area contributed by atoms with Crippen molar-refractivity contribution in [3.05, 3.63) is 0 Å². The van der Waals surface area contributed by atoms with E-state index < -0.39 is 0 Å². The van der Waals surface area contributed by atoms with E-state index >= 15 is 0 Å². The maximum atomic E-state index is 13.6. The number of nitrogens with one attached hydrogen (secondary N) is 5. The summed E-state index contributed by atoms with van der Waals surface area (Å²) in [6.45, 7) is 5.37. The number of nitrogens with zero attached hydrogens (tertiary/aromatic N) is 2. The van der Waals surface area contributed by atoms with Gasteiger partial charge in [0.15, 0.2) is 6.17 Å². The first-order chi connectivity index (χ1) is 18.0. The molecule has 1 aliphatic carbocycles. The number of piperidine rings is 2. The second-order valence-electron chi connectivity index (χ2n) is 12.1. The van der Waals surface area contributed by atoms with E-state index in [0.29, 0.717) is 29.7 Å². The maximum Gasteiger partial charge on any atom is 0.255 e. The molecule has 5 aliphatic heterocycles. The van der Waals surface area contributed by atoms with Crippen molar-refractivity contribution in [2.24, 2.45) is 17.8 Å². The summed E-state index contributed by atoms with van der Waals surface area (Å²) in [6.07, 6.45) is 9.45. The third-order valence-electron chi connectivity index (χ3n) is 9.70. The zero-order chi connectivity index (χ0) is 25.5. The van der Waals surface area contributed by atoms with E-state index in [2.05, 4.69) is 38.6 Å². The highest BCUT2D eigenvalue weighted by Gasteiger charge is 2.48. The summed E-state index contributed by atoms with van der Waals surface area (Å²) >= 11 is 1.77. The molecule has 0 radical (unpaired) electrons. The molecule has 2 amide bonds. The van der Waals surface area contributed by atoms with Crippen LogP contribution in [0.2, 0.25) is 0 Å². The van der Waals surface area contributed by atoms with E-state index in [1.165, 1.54) is 25.7 Å². The van der Waals surface area contributed by atoms with Crippen molar-refractivity contribution in [1.82, 2.24) is 36.6 Å². The number of likely N-dealkylation sites (tertiary alicyclic amines) is 1. The lowest BCUT2D eigenvalue weighted by Gasteiger charge is -2.44. The van der Waals surface area contributed by atoms with Gasteiger partial charge in [0.05, 0.1) is 18.2 Å². The standard InChI is InChI=1S/C26H45N7O3S/c1-15-11-17(16-7-3-4-8-20(16)36-2)18(12-27-15)24(34)30-26-28-19-13-32(14-21(19)37-26)25(35)23-29-22-9-5-6-10-33(22)31-23/h15-23,26-29,31H,3-14H2,1-2H3,(H,30,34). The number of hydrogen-bond donors (Lipinski definition) is 5. The van der Waals surface area contributed by atoms with Gasteiger partial charge < -0.3 is 20.3 Å². The minimum Gasteiger partial charge on any atom is -0.381 e. The molecule has 0 aromatic carbocycles. The van der Waals surface area contributed by atoms with E-state index in [-0.39, 0.29) is 47.7 Å². The Morgan fingerprint density at radius 2 is 1.86 bits per heavy atom. The predicted octanol–water partition coefficient (Wildman–Crippen LogP) is 0.367. The van der Waals surface area contributed by atoms with Crippen LogP contribution in [0.3, 0.4) is 0 Å². The van der Waals surface area contributed by atoms with Crippen molar-refractivity contribution < 1.29 is 14.3 Å². The van der Waals surface area contributed by atoms with Gasteiger partial charge in [-0.2, -0.15) is 0 Å². The Hall–Kier alpha value is -0.950. The van der Waals surface area contributed by atoms with Gasteiger partial charge in [-0.1, -0.05) is 12.8 Å². The Morgan fingerprint density at radius 1 is 1.03 bits per heavy atom. The van der Waals surface area contributed by atoms with Gasteiger partial charge in [0.1, 0.15) is 5.50 Å². The fraction of sp³-hybridized carbons (Fsp3) is 0.923. The summed E-state index contributed by atoms with van der Waals surface area (Å²) in [4.78, 5) is 28.7. The molecule has 10 nitrogen and oxygen atoms in total. The van der Waals surface area contributed by atoms with Crippen LogP contribution in [0.25, 0.3) is 0 Å². The first kappa shape index (κ1) is 26.3. The lowest BCUT2D eigenvalue weighted by atomic mass is 9.68. The summed E-state index contributed by atoms with van der Waals surface area (Å²) in [5.41, 5.74) is 3.28. The first-order valence-corrected chi connectivity index (χ1v) is 15.5. The van der Waals surface area contributed by atoms with Crippen LogP contribution in [0, 0.1) is 17.8 Å². The van der Waals surface area contributed by atoms with E-state index in [9.17, 15) is 9.59 Å². The lowest BCUT2D eigenvalue weighted by Crippen LogP contribution is -2.55. The molecule has 0 bridgehead atoms. The van der Waals surface area contributed by atoms with Gasteiger partial charge in [-0.05, 0) is 57.3 Å². The molecule has 10 atom stereocenters. The number of carbonyl (C=O) groups is 2. The minimum absolute atomic E-state index is 0.0316. The van der Waals surface area contributed by atoms with Gasteiger partial charge >= 0.3 is 0 Å². The molecule has 0 aromatic rings. The molecule has 10 unspecified atom stereocenters. The van der Waals surface area contributed by atoms with Gasteiger partial charge in [-0.3, -0.25) is 20.2 Å². The van der Waals surface area contributed by atoms with Gasteiger partial charge in [0, 0.05) is 50.6 Å². The van der Waals surface area contributed by atoms with Crippen LogP contribution >= 0.6 is 11.8 Å². The highest BCUT2D eigenvalue weighted by molar-refractivity contribution is 8.00. The van der Waals surface area contributed by atoms with E-state index in [1.54, 1.807) is 11.8 Å². The summed E-state index contributed by atoms with van der Waals surface area (Å²) in [6, 6.07) is 0.639. The molecule has 37 heavy (non-hydrogen) atoms. The van der Waals surface area contributed by atoms with Crippen LogP contribution in [0.1, 0.15) is 58.3 Å². The van der Waals surface area contributed by atoms with Crippen molar-refractivity contribution in [3.63, 3.8) is 0 Å². The molecule has 0 spiro atoms. The predicted molar refractivity (Wildman–Crippen MR) is 143 cm³/mol. The molecule has 0 aromatic heterocycles. The molecule has 6 rings (SSSR count). The quantitative estimate of drug-likeness (QED) is 0.341. The largest absolute Gasteiger partial charge is 0.381 e. The Balaban J connectivity index is 1.02.